The number of furan rings is 1. The molecular formula is C38H27NO. The molecule has 1 heterocycles. The lowest BCUT2D eigenvalue weighted by Crippen LogP contribution is -2.09. The SMILES string of the molecule is c1ccc(-c2ccc(-c3ccc(N(c4ccccc4)c4cccc(-c5cc6ccccc6o5)c4)cc3)cc2)cc1. The Bertz CT molecular complexity index is 1840. The third kappa shape index (κ3) is 4.68. The molecule has 0 fully saturated rings. The van der Waals surface area contributed by atoms with Crippen LogP contribution in [0.5, 0.6) is 0 Å². The molecule has 0 aliphatic carbocycles. The minimum atomic E-state index is 0.866. The van der Waals surface area contributed by atoms with Crippen LogP contribution in [0.4, 0.5) is 17.1 Å². The number of anilines is 3. The van der Waals surface area contributed by atoms with Gasteiger partial charge in [0, 0.05) is 28.0 Å². The van der Waals surface area contributed by atoms with Crippen LogP contribution in [0.1, 0.15) is 0 Å². The van der Waals surface area contributed by atoms with E-state index >= 15 is 0 Å². The molecule has 40 heavy (non-hydrogen) atoms. The molecule has 7 rings (SSSR count). The highest BCUT2D eigenvalue weighted by atomic mass is 16.3. The number of hydrogen-bond acceptors (Lipinski definition) is 2. The van der Waals surface area contributed by atoms with Crippen molar-refractivity contribution in [2.45, 2.75) is 0 Å². The van der Waals surface area contributed by atoms with E-state index in [0.29, 0.717) is 0 Å². The highest BCUT2D eigenvalue weighted by molar-refractivity contribution is 5.85. The van der Waals surface area contributed by atoms with Crippen LogP contribution >= 0.6 is 0 Å². The molecule has 2 heteroatoms. The topological polar surface area (TPSA) is 16.4 Å². The minimum absolute atomic E-state index is 0.866. The molecule has 0 unspecified atom stereocenters. The van der Waals surface area contributed by atoms with E-state index in [1.807, 2.05) is 24.3 Å². The molecule has 0 saturated heterocycles. The Hall–Kier alpha value is -5.34. The number of para-hydroxylation sites is 2. The fourth-order valence-corrected chi connectivity index (χ4v) is 5.24. The molecule has 0 aliphatic heterocycles. The van der Waals surface area contributed by atoms with E-state index in [-0.39, 0.29) is 0 Å². The van der Waals surface area contributed by atoms with Crippen LogP contribution in [0.3, 0.4) is 0 Å². The van der Waals surface area contributed by atoms with Crippen LogP contribution in [-0.4, -0.2) is 0 Å². The molecule has 0 bridgehead atoms. The Labute approximate surface area is 234 Å². The van der Waals surface area contributed by atoms with Crippen molar-refractivity contribution in [3.63, 3.8) is 0 Å². The quantitative estimate of drug-likeness (QED) is 0.220. The van der Waals surface area contributed by atoms with Crippen molar-refractivity contribution in [2.24, 2.45) is 0 Å². The largest absolute Gasteiger partial charge is 0.456 e. The standard InChI is InChI=1S/C38H27NO/c1-3-10-28(11-4-1)29-18-20-30(21-19-29)31-22-24-35(25-23-31)39(34-14-5-2-6-15-34)36-16-9-13-32(26-36)38-27-33-12-7-8-17-37(33)40-38/h1-27H. The molecule has 1 aromatic heterocycles. The maximum atomic E-state index is 6.18. The van der Waals surface area contributed by atoms with Crippen molar-refractivity contribution >= 4 is 28.0 Å². The van der Waals surface area contributed by atoms with Crippen LogP contribution in [0, 0.1) is 0 Å². The average molecular weight is 514 g/mol. The van der Waals surface area contributed by atoms with Crippen LogP contribution in [0.2, 0.25) is 0 Å². The van der Waals surface area contributed by atoms with Gasteiger partial charge in [0.2, 0.25) is 0 Å². The summed E-state index contributed by atoms with van der Waals surface area (Å²) in [6.45, 7) is 0. The first kappa shape index (κ1) is 23.8. The normalized spacial score (nSPS) is 11.0. The first-order chi connectivity index (χ1) is 19.8. The number of fused-ring (bicyclic) bond motifs is 1. The summed E-state index contributed by atoms with van der Waals surface area (Å²) in [5, 5.41) is 1.11. The zero-order chi connectivity index (χ0) is 26.7. The van der Waals surface area contributed by atoms with Crippen molar-refractivity contribution in [1.82, 2.24) is 0 Å². The Balaban J connectivity index is 1.23. The second kappa shape index (κ2) is 10.4. The third-order valence-corrected chi connectivity index (χ3v) is 7.28. The van der Waals surface area contributed by atoms with E-state index in [0.717, 1.165) is 39.4 Å². The predicted octanol–water partition coefficient (Wildman–Crippen LogP) is 10.9. The fourth-order valence-electron chi connectivity index (χ4n) is 5.24. The average Bonchev–Trinajstić information content (AvgIpc) is 3.48. The third-order valence-electron chi connectivity index (χ3n) is 7.28. The number of rotatable bonds is 6. The molecule has 0 amide bonds. The lowest BCUT2D eigenvalue weighted by molar-refractivity contribution is 0.631. The first-order valence-corrected chi connectivity index (χ1v) is 13.5. The summed E-state index contributed by atoms with van der Waals surface area (Å²) in [4.78, 5) is 2.29. The van der Waals surface area contributed by atoms with E-state index < -0.39 is 0 Å². The van der Waals surface area contributed by atoms with E-state index in [4.69, 9.17) is 4.42 Å². The smallest absolute Gasteiger partial charge is 0.135 e. The molecule has 0 atom stereocenters. The molecule has 190 valence electrons. The van der Waals surface area contributed by atoms with Gasteiger partial charge in [-0.15, -0.1) is 0 Å². The summed E-state index contributed by atoms with van der Waals surface area (Å²) in [5.74, 6) is 0.866. The van der Waals surface area contributed by atoms with Gasteiger partial charge in [-0.25, -0.2) is 0 Å². The zero-order valence-corrected chi connectivity index (χ0v) is 21.9. The molecule has 0 N–H and O–H groups in total. The van der Waals surface area contributed by atoms with Crippen molar-refractivity contribution < 1.29 is 4.42 Å². The van der Waals surface area contributed by atoms with Gasteiger partial charge < -0.3 is 9.32 Å². The van der Waals surface area contributed by atoms with Crippen molar-refractivity contribution in [1.29, 1.82) is 0 Å². The van der Waals surface area contributed by atoms with E-state index in [1.165, 1.54) is 22.3 Å². The fraction of sp³-hybridized carbons (Fsp3) is 0. The van der Waals surface area contributed by atoms with E-state index in [1.54, 1.807) is 0 Å². The summed E-state index contributed by atoms with van der Waals surface area (Å²) in [6.07, 6.45) is 0. The minimum Gasteiger partial charge on any atom is -0.456 e. The van der Waals surface area contributed by atoms with Gasteiger partial charge in [0.25, 0.3) is 0 Å². The predicted molar refractivity (Wildman–Crippen MR) is 167 cm³/mol. The highest BCUT2D eigenvalue weighted by Crippen LogP contribution is 2.38. The number of nitrogens with zero attached hydrogens (tertiary/aromatic N) is 1. The molecule has 6 aromatic carbocycles. The Kier molecular flexibility index (Phi) is 6.20. The summed E-state index contributed by atoms with van der Waals surface area (Å²) in [6, 6.07) is 57.3. The van der Waals surface area contributed by atoms with Gasteiger partial charge in [0.1, 0.15) is 11.3 Å². The monoisotopic (exact) mass is 513 g/mol. The van der Waals surface area contributed by atoms with Gasteiger partial charge >= 0.3 is 0 Å². The van der Waals surface area contributed by atoms with Crippen molar-refractivity contribution in [3.8, 4) is 33.6 Å². The molecule has 7 aromatic rings. The lowest BCUT2D eigenvalue weighted by Gasteiger charge is -2.26. The van der Waals surface area contributed by atoms with Crippen LogP contribution in [0.25, 0.3) is 44.5 Å². The van der Waals surface area contributed by atoms with Crippen molar-refractivity contribution in [3.05, 3.63) is 164 Å². The maximum absolute atomic E-state index is 6.18. The molecule has 0 spiro atoms. The second-order valence-corrected chi connectivity index (χ2v) is 9.86. The van der Waals surface area contributed by atoms with Crippen LogP contribution in [-0.2, 0) is 0 Å². The Morgan fingerprint density at radius 2 is 0.850 bits per heavy atom. The lowest BCUT2D eigenvalue weighted by atomic mass is 10.00. The zero-order valence-electron chi connectivity index (χ0n) is 21.9. The summed E-state index contributed by atoms with van der Waals surface area (Å²) >= 11 is 0. The molecule has 0 radical (unpaired) electrons. The Morgan fingerprint density at radius 1 is 0.350 bits per heavy atom. The number of benzene rings is 6. The highest BCUT2D eigenvalue weighted by Gasteiger charge is 2.15. The van der Waals surface area contributed by atoms with Gasteiger partial charge in [0.15, 0.2) is 0 Å². The summed E-state index contributed by atoms with van der Waals surface area (Å²) in [5.41, 5.74) is 10.1. The van der Waals surface area contributed by atoms with Crippen LogP contribution < -0.4 is 4.90 Å². The van der Waals surface area contributed by atoms with Crippen molar-refractivity contribution in [2.75, 3.05) is 4.90 Å². The van der Waals surface area contributed by atoms with Crippen LogP contribution in [0.15, 0.2) is 168 Å². The van der Waals surface area contributed by atoms with Gasteiger partial charge in [-0.1, -0.05) is 115 Å². The maximum Gasteiger partial charge on any atom is 0.135 e. The van der Waals surface area contributed by atoms with E-state index in [2.05, 4.69) is 144 Å². The molecule has 2 nitrogen and oxygen atoms in total. The van der Waals surface area contributed by atoms with Gasteiger partial charge in [-0.05, 0) is 70.8 Å². The molecule has 0 saturated carbocycles. The van der Waals surface area contributed by atoms with Gasteiger partial charge in [-0.3, -0.25) is 0 Å². The van der Waals surface area contributed by atoms with Gasteiger partial charge in [-0.2, -0.15) is 0 Å². The van der Waals surface area contributed by atoms with Gasteiger partial charge in [0.05, 0.1) is 0 Å². The number of hydrogen-bond donors (Lipinski definition) is 0. The second-order valence-electron chi connectivity index (χ2n) is 9.86. The summed E-state index contributed by atoms with van der Waals surface area (Å²) < 4.78 is 6.18. The van der Waals surface area contributed by atoms with E-state index in [9.17, 15) is 0 Å². The molecule has 0 aliphatic rings. The Morgan fingerprint density at radius 3 is 1.52 bits per heavy atom. The molecular weight excluding hydrogens is 486 g/mol. The first-order valence-electron chi connectivity index (χ1n) is 13.5. The summed E-state index contributed by atoms with van der Waals surface area (Å²) in [7, 11) is 0.